The molecule has 21 heavy (non-hydrogen) atoms. The van der Waals surface area contributed by atoms with Crippen LogP contribution in [0.1, 0.15) is 51.3 Å². The van der Waals surface area contributed by atoms with Crippen molar-refractivity contribution in [2.45, 2.75) is 57.3 Å². The molecule has 116 valence electrons. The maximum atomic E-state index is 13.1. The fourth-order valence-electron chi connectivity index (χ4n) is 3.59. The van der Waals surface area contributed by atoms with Gasteiger partial charge in [0.05, 0.1) is 18.2 Å². The second-order valence-electron chi connectivity index (χ2n) is 6.11. The molecule has 2 unspecified atom stereocenters. The van der Waals surface area contributed by atoms with E-state index in [0.717, 1.165) is 25.7 Å². The van der Waals surface area contributed by atoms with Crippen molar-refractivity contribution >= 4 is 17.2 Å². The molecular weight excluding hydrogens is 284 g/mol. The van der Waals surface area contributed by atoms with Crippen LogP contribution >= 0.6 is 11.3 Å². The molecule has 1 N–H and O–H groups in total. The van der Waals surface area contributed by atoms with E-state index >= 15 is 0 Å². The summed E-state index contributed by atoms with van der Waals surface area (Å²) in [6.45, 7) is 5.36. The Labute approximate surface area is 130 Å². The van der Waals surface area contributed by atoms with E-state index in [0.29, 0.717) is 13.2 Å². The molecule has 5 heteroatoms. The number of nitrogens with zero attached hydrogens (tertiary/aromatic N) is 1. The lowest BCUT2D eigenvalue weighted by Crippen LogP contribution is -2.46. The van der Waals surface area contributed by atoms with E-state index in [9.17, 15) is 4.79 Å². The first-order valence-corrected chi connectivity index (χ1v) is 8.82. The molecule has 1 aliphatic carbocycles. The second-order valence-corrected chi connectivity index (χ2v) is 6.89. The lowest BCUT2D eigenvalue weighted by Gasteiger charge is -2.30. The van der Waals surface area contributed by atoms with Crippen LogP contribution in [0.25, 0.3) is 0 Å². The Balaban J connectivity index is 1.87. The Hall–Kier alpha value is -0.910. The molecule has 2 heterocycles. The van der Waals surface area contributed by atoms with Crippen LogP contribution in [-0.2, 0) is 9.53 Å². The number of carbonyl (C=O) groups is 1. The minimum absolute atomic E-state index is 0.00249. The van der Waals surface area contributed by atoms with Gasteiger partial charge in [0.1, 0.15) is 6.17 Å². The Morgan fingerprint density at radius 1 is 1.52 bits per heavy atom. The zero-order chi connectivity index (χ0) is 14.9. The van der Waals surface area contributed by atoms with Crippen LogP contribution in [0.5, 0.6) is 0 Å². The van der Waals surface area contributed by atoms with Crippen LogP contribution < -0.4 is 5.32 Å². The molecule has 1 amide bonds. The van der Waals surface area contributed by atoms with E-state index in [4.69, 9.17) is 4.74 Å². The van der Waals surface area contributed by atoms with E-state index in [1.165, 1.54) is 5.56 Å². The molecule has 3 rings (SSSR count). The number of ether oxygens (including phenoxy) is 1. The highest BCUT2D eigenvalue weighted by atomic mass is 32.1. The van der Waals surface area contributed by atoms with Gasteiger partial charge in [-0.05, 0) is 49.1 Å². The van der Waals surface area contributed by atoms with Gasteiger partial charge in [0.25, 0.3) is 0 Å². The average Bonchev–Trinajstić information content (AvgIpc) is 3.19. The zero-order valence-corrected chi connectivity index (χ0v) is 13.6. The first kappa shape index (κ1) is 15.0. The molecule has 1 spiro atoms. The van der Waals surface area contributed by atoms with Gasteiger partial charge in [0, 0.05) is 6.61 Å². The monoisotopic (exact) mass is 308 g/mol. The first-order chi connectivity index (χ1) is 10.2. The van der Waals surface area contributed by atoms with Crippen molar-refractivity contribution in [3.8, 4) is 0 Å². The van der Waals surface area contributed by atoms with E-state index in [1.54, 1.807) is 11.3 Å². The van der Waals surface area contributed by atoms with Crippen molar-refractivity contribution in [3.63, 3.8) is 0 Å². The molecule has 2 aliphatic rings. The maximum absolute atomic E-state index is 13.1. The summed E-state index contributed by atoms with van der Waals surface area (Å²) in [7, 11) is 0. The third-order valence-electron chi connectivity index (χ3n) is 4.69. The summed E-state index contributed by atoms with van der Waals surface area (Å²) >= 11 is 1.68. The summed E-state index contributed by atoms with van der Waals surface area (Å²) in [5.41, 5.74) is 0.869. The fourth-order valence-corrected chi connectivity index (χ4v) is 4.27. The minimum Gasteiger partial charge on any atom is -0.380 e. The number of nitrogens with one attached hydrogen (secondary N) is 1. The number of carbonyl (C=O) groups excluding carboxylic acids is 1. The Bertz CT molecular complexity index is 482. The smallest absolute Gasteiger partial charge is 0.244 e. The van der Waals surface area contributed by atoms with Crippen LogP contribution in [0.3, 0.4) is 0 Å². The van der Waals surface area contributed by atoms with Gasteiger partial charge in [-0.2, -0.15) is 11.3 Å². The van der Waals surface area contributed by atoms with E-state index < -0.39 is 0 Å². The molecule has 2 atom stereocenters. The third-order valence-corrected chi connectivity index (χ3v) is 5.39. The molecule has 1 saturated heterocycles. The van der Waals surface area contributed by atoms with Crippen molar-refractivity contribution in [2.75, 3.05) is 13.2 Å². The summed E-state index contributed by atoms with van der Waals surface area (Å²) in [5.74, 6) is 0.267. The first-order valence-electron chi connectivity index (χ1n) is 7.88. The van der Waals surface area contributed by atoms with Gasteiger partial charge in [0.15, 0.2) is 0 Å². The third kappa shape index (κ3) is 2.62. The van der Waals surface area contributed by atoms with Gasteiger partial charge < -0.3 is 9.64 Å². The number of hydrogen-bond donors (Lipinski definition) is 1. The van der Waals surface area contributed by atoms with E-state index in [2.05, 4.69) is 29.1 Å². The van der Waals surface area contributed by atoms with Crippen LogP contribution in [0.2, 0.25) is 0 Å². The summed E-state index contributed by atoms with van der Waals surface area (Å²) in [6, 6.07) is 2.21. The van der Waals surface area contributed by atoms with Crippen molar-refractivity contribution < 1.29 is 9.53 Å². The fraction of sp³-hybridized carbons (Fsp3) is 0.688. The van der Waals surface area contributed by atoms with Crippen molar-refractivity contribution in [2.24, 2.45) is 0 Å². The molecule has 0 aromatic carbocycles. The van der Waals surface area contributed by atoms with Crippen LogP contribution in [0, 0.1) is 0 Å². The lowest BCUT2D eigenvalue weighted by molar-refractivity contribution is -0.136. The molecule has 1 aliphatic heterocycles. The Morgan fingerprint density at radius 3 is 2.90 bits per heavy atom. The normalized spacial score (nSPS) is 25.9. The largest absolute Gasteiger partial charge is 0.380 e. The standard InChI is InChI=1S/C16H24N2O2S/c1-3-20-10-12(2)18-14(13-6-9-21-11-13)17-16(15(18)19)7-4-5-8-16/h6,9,11-12,14,17H,3-5,7-8,10H2,1-2H3. The predicted molar refractivity (Wildman–Crippen MR) is 84.2 cm³/mol. The Kier molecular flexibility index (Phi) is 4.33. The topological polar surface area (TPSA) is 41.6 Å². The molecular formula is C16H24N2O2S. The number of amides is 1. The second kappa shape index (κ2) is 6.07. The van der Waals surface area contributed by atoms with Crippen LogP contribution in [0.4, 0.5) is 0 Å². The molecule has 0 bridgehead atoms. The van der Waals surface area contributed by atoms with Crippen LogP contribution in [-0.4, -0.2) is 35.6 Å². The highest BCUT2D eigenvalue weighted by Gasteiger charge is 2.53. The number of thiophene rings is 1. The lowest BCUT2D eigenvalue weighted by atomic mass is 9.97. The molecule has 4 nitrogen and oxygen atoms in total. The summed E-state index contributed by atoms with van der Waals surface area (Å²) in [5, 5.41) is 7.87. The summed E-state index contributed by atoms with van der Waals surface area (Å²) in [4.78, 5) is 15.1. The number of hydrogen-bond acceptors (Lipinski definition) is 4. The molecule has 1 saturated carbocycles. The maximum Gasteiger partial charge on any atom is 0.244 e. The molecule has 1 aromatic rings. The molecule has 1 aromatic heterocycles. The van der Waals surface area contributed by atoms with E-state index in [1.807, 2.05) is 11.8 Å². The van der Waals surface area contributed by atoms with Gasteiger partial charge in [0.2, 0.25) is 5.91 Å². The molecule has 2 fully saturated rings. The van der Waals surface area contributed by atoms with E-state index in [-0.39, 0.29) is 23.7 Å². The molecule has 0 radical (unpaired) electrons. The van der Waals surface area contributed by atoms with Gasteiger partial charge >= 0.3 is 0 Å². The Morgan fingerprint density at radius 2 is 2.29 bits per heavy atom. The van der Waals surface area contributed by atoms with Crippen molar-refractivity contribution in [1.29, 1.82) is 0 Å². The number of rotatable bonds is 5. The van der Waals surface area contributed by atoms with Crippen molar-refractivity contribution in [1.82, 2.24) is 10.2 Å². The van der Waals surface area contributed by atoms with Crippen molar-refractivity contribution in [3.05, 3.63) is 22.4 Å². The van der Waals surface area contributed by atoms with Gasteiger partial charge in [-0.15, -0.1) is 0 Å². The van der Waals surface area contributed by atoms with Gasteiger partial charge in [-0.3, -0.25) is 10.1 Å². The summed E-state index contributed by atoms with van der Waals surface area (Å²) < 4.78 is 5.55. The zero-order valence-electron chi connectivity index (χ0n) is 12.8. The highest BCUT2D eigenvalue weighted by molar-refractivity contribution is 7.07. The van der Waals surface area contributed by atoms with Crippen LogP contribution in [0.15, 0.2) is 16.8 Å². The van der Waals surface area contributed by atoms with Gasteiger partial charge in [-0.25, -0.2) is 0 Å². The van der Waals surface area contributed by atoms with Gasteiger partial charge in [-0.1, -0.05) is 12.8 Å². The summed E-state index contributed by atoms with van der Waals surface area (Å²) in [6.07, 6.45) is 4.21. The SMILES string of the molecule is CCOCC(C)N1C(=O)C2(CCCC2)NC1c1ccsc1. The minimum atomic E-state index is -0.326. The quantitative estimate of drug-likeness (QED) is 0.909. The predicted octanol–water partition coefficient (Wildman–Crippen LogP) is 2.92. The average molecular weight is 308 g/mol. The highest BCUT2D eigenvalue weighted by Crippen LogP contribution is 2.42.